The number of rotatable bonds is 3. The van der Waals surface area contributed by atoms with E-state index in [0.717, 1.165) is 5.69 Å². The fraction of sp³-hybridized carbons (Fsp3) is 0.263. The Kier molecular flexibility index (Phi) is 5.81. The van der Waals surface area contributed by atoms with Crippen molar-refractivity contribution in [1.29, 1.82) is 0 Å². The maximum Gasteiger partial charge on any atom is 0.337 e. The van der Waals surface area contributed by atoms with Gasteiger partial charge in [-0.3, -0.25) is 0 Å². The third-order valence-electron chi connectivity index (χ3n) is 4.39. The zero-order valence-electron chi connectivity index (χ0n) is 14.7. The largest absolute Gasteiger partial charge is 0.465 e. The van der Waals surface area contributed by atoms with E-state index in [1.807, 2.05) is 12.1 Å². The molecule has 27 heavy (non-hydrogen) atoms. The summed E-state index contributed by atoms with van der Waals surface area (Å²) in [5.74, 6) is -0.898. The molecule has 0 aliphatic carbocycles. The number of hydrogen-bond acceptors (Lipinski definition) is 4. The lowest BCUT2D eigenvalue weighted by atomic mass is 10.2. The predicted octanol–water partition coefficient (Wildman–Crippen LogP) is 3.62. The Labute approximate surface area is 161 Å². The molecule has 2 amide bonds. The summed E-state index contributed by atoms with van der Waals surface area (Å²) in [5.41, 5.74) is 1.93. The van der Waals surface area contributed by atoms with Gasteiger partial charge in [0.25, 0.3) is 0 Å². The summed E-state index contributed by atoms with van der Waals surface area (Å²) in [6, 6.07) is 11.0. The Hall–Kier alpha value is -2.80. The van der Waals surface area contributed by atoms with Crippen LogP contribution in [0, 0.1) is 5.82 Å². The van der Waals surface area contributed by atoms with Gasteiger partial charge in [-0.25, -0.2) is 14.0 Å². The molecule has 0 bridgehead atoms. The Morgan fingerprint density at radius 1 is 1.07 bits per heavy atom. The first-order valence-corrected chi connectivity index (χ1v) is 8.80. The molecule has 142 valence electrons. The minimum Gasteiger partial charge on any atom is -0.465 e. The monoisotopic (exact) mass is 391 g/mol. The number of halogens is 2. The zero-order valence-corrected chi connectivity index (χ0v) is 15.5. The van der Waals surface area contributed by atoms with Gasteiger partial charge in [-0.1, -0.05) is 11.6 Å². The summed E-state index contributed by atoms with van der Waals surface area (Å²) in [6.45, 7) is 2.41. The van der Waals surface area contributed by atoms with Crippen molar-refractivity contribution in [3.05, 3.63) is 58.9 Å². The van der Waals surface area contributed by atoms with Crippen LogP contribution in [0.3, 0.4) is 0 Å². The molecule has 1 fully saturated rings. The molecule has 1 saturated heterocycles. The zero-order chi connectivity index (χ0) is 19.4. The lowest BCUT2D eigenvalue weighted by Gasteiger charge is -2.36. The van der Waals surface area contributed by atoms with Crippen molar-refractivity contribution >= 4 is 35.0 Å². The quantitative estimate of drug-likeness (QED) is 0.812. The van der Waals surface area contributed by atoms with E-state index in [1.165, 1.54) is 25.3 Å². The number of esters is 1. The topological polar surface area (TPSA) is 61.9 Å². The SMILES string of the molecule is COC(=O)c1ccc(N2CCN(C(=O)Nc3ccc(F)c(Cl)c3)CC2)cc1. The first-order valence-electron chi connectivity index (χ1n) is 8.42. The highest BCUT2D eigenvalue weighted by Crippen LogP contribution is 2.21. The molecule has 1 heterocycles. The molecule has 0 saturated carbocycles. The summed E-state index contributed by atoms with van der Waals surface area (Å²) >= 11 is 5.73. The summed E-state index contributed by atoms with van der Waals surface area (Å²) < 4.78 is 17.9. The van der Waals surface area contributed by atoms with Gasteiger partial charge in [0.2, 0.25) is 0 Å². The predicted molar refractivity (Wildman–Crippen MR) is 102 cm³/mol. The maximum atomic E-state index is 13.2. The van der Waals surface area contributed by atoms with Gasteiger partial charge in [0.1, 0.15) is 5.82 Å². The van der Waals surface area contributed by atoms with Crippen molar-refractivity contribution in [2.45, 2.75) is 0 Å². The Morgan fingerprint density at radius 3 is 2.33 bits per heavy atom. The molecule has 2 aromatic rings. The van der Waals surface area contributed by atoms with Crippen molar-refractivity contribution in [3.8, 4) is 0 Å². The fourth-order valence-electron chi connectivity index (χ4n) is 2.87. The van der Waals surface area contributed by atoms with Crippen LogP contribution in [0.4, 0.5) is 20.6 Å². The first-order chi connectivity index (χ1) is 13.0. The molecule has 2 aromatic carbocycles. The van der Waals surface area contributed by atoms with E-state index in [1.54, 1.807) is 17.0 Å². The molecule has 0 unspecified atom stereocenters. The average Bonchev–Trinajstić information content (AvgIpc) is 2.70. The van der Waals surface area contributed by atoms with Crippen molar-refractivity contribution in [2.24, 2.45) is 0 Å². The fourth-order valence-corrected chi connectivity index (χ4v) is 3.05. The number of nitrogens with one attached hydrogen (secondary N) is 1. The van der Waals surface area contributed by atoms with Crippen LogP contribution in [-0.2, 0) is 4.74 Å². The van der Waals surface area contributed by atoms with E-state index in [-0.39, 0.29) is 17.0 Å². The second kappa shape index (κ2) is 8.26. The van der Waals surface area contributed by atoms with Crippen LogP contribution < -0.4 is 10.2 Å². The number of anilines is 2. The van der Waals surface area contributed by atoms with Crippen LogP contribution in [-0.4, -0.2) is 50.2 Å². The highest BCUT2D eigenvalue weighted by Gasteiger charge is 2.21. The molecule has 1 N–H and O–H groups in total. The van der Waals surface area contributed by atoms with Gasteiger partial charge < -0.3 is 19.9 Å². The van der Waals surface area contributed by atoms with Crippen LogP contribution >= 0.6 is 11.6 Å². The number of carbonyl (C=O) groups is 2. The Bertz CT molecular complexity index is 837. The van der Waals surface area contributed by atoms with Gasteiger partial charge in [-0.2, -0.15) is 0 Å². The molecule has 0 spiro atoms. The first kappa shape index (κ1) is 19.0. The van der Waals surface area contributed by atoms with Crippen molar-refractivity contribution in [1.82, 2.24) is 4.90 Å². The number of methoxy groups -OCH3 is 1. The van der Waals surface area contributed by atoms with E-state index in [4.69, 9.17) is 16.3 Å². The van der Waals surface area contributed by atoms with Gasteiger partial charge in [0.05, 0.1) is 17.7 Å². The minimum absolute atomic E-state index is 0.0342. The highest BCUT2D eigenvalue weighted by atomic mass is 35.5. The number of amides is 2. The smallest absolute Gasteiger partial charge is 0.337 e. The van der Waals surface area contributed by atoms with Crippen LogP contribution in [0.25, 0.3) is 0 Å². The summed E-state index contributed by atoms with van der Waals surface area (Å²) in [5, 5.41) is 2.69. The van der Waals surface area contributed by atoms with Crippen molar-refractivity contribution < 1.29 is 18.7 Å². The molecule has 1 aliphatic rings. The Morgan fingerprint density at radius 2 is 1.74 bits per heavy atom. The van der Waals surface area contributed by atoms with Crippen LogP contribution in [0.1, 0.15) is 10.4 Å². The number of urea groups is 1. The van der Waals surface area contributed by atoms with Crippen LogP contribution in [0.2, 0.25) is 5.02 Å². The Balaban J connectivity index is 1.55. The molecule has 3 rings (SSSR count). The second-order valence-electron chi connectivity index (χ2n) is 6.07. The van der Waals surface area contributed by atoms with Gasteiger partial charge in [0, 0.05) is 37.6 Å². The normalized spacial score (nSPS) is 14.0. The van der Waals surface area contributed by atoms with E-state index in [2.05, 4.69) is 10.2 Å². The van der Waals surface area contributed by atoms with Crippen LogP contribution in [0.15, 0.2) is 42.5 Å². The molecule has 0 atom stereocenters. The van der Waals surface area contributed by atoms with E-state index < -0.39 is 5.82 Å². The average molecular weight is 392 g/mol. The summed E-state index contributed by atoms with van der Waals surface area (Å²) in [4.78, 5) is 27.7. The molecule has 0 radical (unpaired) electrons. The van der Waals surface area contributed by atoms with Crippen molar-refractivity contribution in [2.75, 3.05) is 43.5 Å². The van der Waals surface area contributed by atoms with E-state index >= 15 is 0 Å². The molecule has 0 aromatic heterocycles. The minimum atomic E-state index is -0.526. The molecule has 6 nitrogen and oxygen atoms in total. The number of hydrogen-bond donors (Lipinski definition) is 1. The van der Waals surface area contributed by atoms with Gasteiger partial charge in [-0.15, -0.1) is 0 Å². The summed E-state index contributed by atoms with van der Waals surface area (Å²) in [6.07, 6.45) is 0. The number of piperazine rings is 1. The molecular formula is C19H19ClFN3O3. The summed E-state index contributed by atoms with van der Waals surface area (Å²) in [7, 11) is 1.35. The lowest BCUT2D eigenvalue weighted by Crippen LogP contribution is -2.50. The maximum absolute atomic E-state index is 13.2. The lowest BCUT2D eigenvalue weighted by molar-refractivity contribution is 0.0600. The molecular weight excluding hydrogens is 373 g/mol. The molecule has 1 aliphatic heterocycles. The highest BCUT2D eigenvalue weighted by molar-refractivity contribution is 6.31. The van der Waals surface area contributed by atoms with Gasteiger partial charge in [0.15, 0.2) is 0 Å². The second-order valence-corrected chi connectivity index (χ2v) is 6.48. The van der Waals surface area contributed by atoms with E-state index in [9.17, 15) is 14.0 Å². The number of ether oxygens (including phenoxy) is 1. The number of nitrogens with zero attached hydrogens (tertiary/aromatic N) is 2. The van der Waals surface area contributed by atoms with Crippen molar-refractivity contribution in [3.63, 3.8) is 0 Å². The standard InChI is InChI=1S/C19H19ClFN3O3/c1-27-18(25)13-2-5-15(6-3-13)23-8-10-24(11-9-23)19(26)22-14-4-7-17(21)16(20)12-14/h2-7,12H,8-11H2,1H3,(H,22,26). The third-order valence-corrected chi connectivity index (χ3v) is 4.68. The molecule has 8 heteroatoms. The van der Waals surface area contributed by atoms with Crippen LogP contribution in [0.5, 0.6) is 0 Å². The van der Waals surface area contributed by atoms with Gasteiger partial charge in [-0.05, 0) is 42.5 Å². The number of benzene rings is 2. The van der Waals surface area contributed by atoms with Gasteiger partial charge >= 0.3 is 12.0 Å². The number of carbonyl (C=O) groups excluding carboxylic acids is 2. The third kappa shape index (κ3) is 4.49. The van der Waals surface area contributed by atoms with E-state index in [0.29, 0.717) is 37.4 Å².